The average Bonchev–Trinajstić information content (AvgIpc) is 2.25. The Morgan fingerprint density at radius 1 is 1.53 bits per heavy atom. The topological polar surface area (TPSA) is 80.4 Å². The fourth-order valence-corrected chi connectivity index (χ4v) is 2.97. The van der Waals surface area contributed by atoms with Crippen LogP contribution in [0, 0.1) is 0 Å². The molecule has 0 saturated carbocycles. The van der Waals surface area contributed by atoms with Gasteiger partial charge in [-0.1, -0.05) is 35.0 Å². The van der Waals surface area contributed by atoms with Crippen LogP contribution in [0.4, 0.5) is 5.69 Å². The maximum Gasteiger partial charge on any atom is 0.166 e. The van der Waals surface area contributed by atoms with Gasteiger partial charge in [-0.2, -0.15) is 0 Å². The third-order valence-corrected chi connectivity index (χ3v) is 7.24. The van der Waals surface area contributed by atoms with Gasteiger partial charge in [0, 0.05) is 11.9 Å². The molecule has 2 atom stereocenters. The lowest BCUT2D eigenvalue weighted by Gasteiger charge is -2.30. The zero-order chi connectivity index (χ0) is 13.3. The van der Waals surface area contributed by atoms with E-state index in [1.807, 2.05) is 0 Å². The van der Waals surface area contributed by atoms with E-state index >= 15 is 0 Å². The minimum absolute atomic E-state index is 0.252. The van der Waals surface area contributed by atoms with Gasteiger partial charge in [0.2, 0.25) is 0 Å². The predicted octanol–water partition coefficient (Wildman–Crippen LogP) is 1.85. The molecule has 1 aromatic rings. The zero-order valence-corrected chi connectivity index (χ0v) is 12.1. The first-order valence-corrected chi connectivity index (χ1v) is 7.83. The van der Waals surface area contributed by atoms with Crippen molar-refractivity contribution in [1.29, 1.82) is 0 Å². The van der Waals surface area contributed by atoms with Crippen molar-refractivity contribution in [3.63, 3.8) is 0 Å². The normalized spacial score (nSPS) is 17.4. The van der Waals surface area contributed by atoms with E-state index in [-0.39, 0.29) is 6.42 Å². The molecular weight excluding hydrogens is 306 g/mol. The first kappa shape index (κ1) is 14.5. The van der Waals surface area contributed by atoms with Crippen molar-refractivity contribution in [2.45, 2.75) is 23.1 Å². The highest BCUT2D eigenvalue weighted by Crippen LogP contribution is 2.41. The van der Waals surface area contributed by atoms with Crippen LogP contribution >= 0.6 is 15.9 Å². The number of anilines is 1. The maximum atomic E-state index is 11.7. The van der Waals surface area contributed by atoms with Crippen molar-refractivity contribution >= 4 is 31.5 Å². The van der Waals surface area contributed by atoms with E-state index in [9.17, 15) is 13.5 Å². The highest BCUT2D eigenvalue weighted by Gasteiger charge is 2.44. The summed E-state index contributed by atoms with van der Waals surface area (Å²) in [5.74, 6) is 0. The molecule has 0 aliphatic rings. The number of halogens is 1. The Balaban J connectivity index is 3.24. The highest BCUT2D eigenvalue weighted by atomic mass is 79.9. The fourth-order valence-electron chi connectivity index (χ4n) is 1.64. The molecule has 0 radical (unpaired) electrons. The number of rotatable bonds is 4. The summed E-state index contributed by atoms with van der Waals surface area (Å²) in [7, 11) is -3.45. The van der Waals surface area contributed by atoms with E-state index in [0.29, 0.717) is 11.3 Å². The predicted molar refractivity (Wildman–Crippen MR) is 72.6 cm³/mol. The van der Waals surface area contributed by atoms with Crippen molar-refractivity contribution in [3.05, 3.63) is 29.8 Å². The zero-order valence-electron chi connectivity index (χ0n) is 9.72. The smallest absolute Gasteiger partial charge is 0.166 e. The Morgan fingerprint density at radius 2 is 2.12 bits per heavy atom. The molecule has 96 valence electrons. The summed E-state index contributed by atoms with van der Waals surface area (Å²) >= 11 is 3.15. The van der Waals surface area contributed by atoms with E-state index in [4.69, 9.17) is 5.73 Å². The molecule has 3 N–H and O–H groups in total. The lowest BCUT2D eigenvalue weighted by molar-refractivity contribution is 0.160. The van der Waals surface area contributed by atoms with Gasteiger partial charge in [0.05, 0.1) is 0 Å². The molecule has 1 aromatic carbocycles. The van der Waals surface area contributed by atoms with Crippen LogP contribution in [-0.4, -0.2) is 23.4 Å². The van der Waals surface area contributed by atoms with Crippen molar-refractivity contribution < 1.29 is 13.5 Å². The summed E-state index contributed by atoms with van der Waals surface area (Å²) in [6.45, 7) is 1.70. The number of hydrogen-bond acceptors (Lipinski definition) is 4. The van der Waals surface area contributed by atoms with E-state index in [0.717, 1.165) is 6.26 Å². The van der Waals surface area contributed by atoms with Gasteiger partial charge in [0.1, 0.15) is 6.10 Å². The molecule has 0 amide bonds. The van der Waals surface area contributed by atoms with Gasteiger partial charge in [-0.15, -0.1) is 0 Å². The fraction of sp³-hybridized carbons (Fsp3) is 0.455. The van der Waals surface area contributed by atoms with Crippen molar-refractivity contribution in [1.82, 2.24) is 0 Å². The third kappa shape index (κ3) is 2.81. The number of hydrogen-bond donors (Lipinski definition) is 2. The number of alkyl halides is 1. The SMILES string of the molecule is CC[C@@](Br)([C@@H](O)c1cccc(N)c1)S(C)(=O)=O. The largest absolute Gasteiger partial charge is 0.399 e. The van der Waals surface area contributed by atoms with Crippen LogP contribution in [0.3, 0.4) is 0 Å². The molecule has 0 aliphatic carbocycles. The number of nitrogen functional groups attached to an aromatic ring is 1. The molecule has 0 fully saturated rings. The van der Waals surface area contributed by atoms with Crippen LogP contribution in [-0.2, 0) is 9.84 Å². The van der Waals surface area contributed by atoms with Gasteiger partial charge >= 0.3 is 0 Å². The Hall–Kier alpha value is -0.590. The number of aliphatic hydroxyl groups excluding tert-OH is 1. The summed E-state index contributed by atoms with van der Waals surface area (Å²) < 4.78 is 22.1. The minimum atomic E-state index is -3.45. The Morgan fingerprint density at radius 3 is 2.53 bits per heavy atom. The van der Waals surface area contributed by atoms with Gasteiger partial charge in [0.15, 0.2) is 13.5 Å². The van der Waals surface area contributed by atoms with Crippen molar-refractivity contribution in [2.24, 2.45) is 0 Å². The van der Waals surface area contributed by atoms with Gasteiger partial charge < -0.3 is 10.8 Å². The summed E-state index contributed by atoms with van der Waals surface area (Å²) in [5, 5.41) is 10.2. The van der Waals surface area contributed by atoms with Gasteiger partial charge in [0.25, 0.3) is 0 Å². The molecule has 0 bridgehead atoms. The quantitative estimate of drug-likeness (QED) is 0.655. The number of sulfone groups is 1. The van der Waals surface area contributed by atoms with Gasteiger partial charge in [-0.25, -0.2) is 8.42 Å². The summed E-state index contributed by atoms with van der Waals surface area (Å²) in [6.07, 6.45) is 0.189. The molecule has 1 rings (SSSR count). The lowest BCUT2D eigenvalue weighted by atomic mass is 10.0. The molecule has 0 aliphatic heterocycles. The standard InChI is InChI=1S/C11H16BrNO3S/c1-3-11(12,17(2,15)16)10(14)8-5-4-6-9(13)7-8/h4-7,10,14H,3,13H2,1-2H3/t10-,11-/m0/s1. The van der Waals surface area contributed by atoms with Crippen LogP contribution in [0.5, 0.6) is 0 Å². The van der Waals surface area contributed by atoms with Gasteiger partial charge in [-0.05, 0) is 24.1 Å². The number of aliphatic hydroxyl groups is 1. The van der Waals surface area contributed by atoms with E-state index in [1.165, 1.54) is 0 Å². The molecular formula is C11H16BrNO3S. The van der Waals surface area contributed by atoms with Gasteiger partial charge in [-0.3, -0.25) is 0 Å². The molecule has 0 spiro atoms. The van der Waals surface area contributed by atoms with Crippen LogP contribution in [0.1, 0.15) is 25.0 Å². The van der Waals surface area contributed by atoms with Crippen molar-refractivity contribution in [2.75, 3.05) is 12.0 Å². The first-order valence-electron chi connectivity index (χ1n) is 5.14. The maximum absolute atomic E-state index is 11.7. The molecule has 0 unspecified atom stereocenters. The van der Waals surface area contributed by atoms with Crippen LogP contribution in [0.15, 0.2) is 24.3 Å². The lowest BCUT2D eigenvalue weighted by Crippen LogP contribution is -2.37. The second-order valence-corrected chi connectivity index (χ2v) is 8.20. The molecule has 4 nitrogen and oxygen atoms in total. The Bertz CT molecular complexity index is 503. The molecule has 17 heavy (non-hydrogen) atoms. The number of benzene rings is 1. The van der Waals surface area contributed by atoms with E-state index < -0.39 is 19.6 Å². The first-order chi connectivity index (χ1) is 7.72. The molecule has 0 saturated heterocycles. The van der Waals surface area contributed by atoms with E-state index in [2.05, 4.69) is 15.9 Å². The molecule has 6 heteroatoms. The average molecular weight is 322 g/mol. The summed E-state index contributed by atoms with van der Waals surface area (Å²) in [4.78, 5) is 0. The summed E-state index contributed by atoms with van der Waals surface area (Å²) in [5.41, 5.74) is 6.58. The van der Waals surface area contributed by atoms with Crippen LogP contribution < -0.4 is 5.73 Å². The molecule has 0 aromatic heterocycles. The second kappa shape index (κ2) is 4.96. The second-order valence-electron chi connectivity index (χ2n) is 3.98. The monoisotopic (exact) mass is 321 g/mol. The minimum Gasteiger partial charge on any atom is -0.399 e. The van der Waals surface area contributed by atoms with Crippen LogP contribution in [0.2, 0.25) is 0 Å². The van der Waals surface area contributed by atoms with Crippen LogP contribution in [0.25, 0.3) is 0 Å². The Labute approximate surface area is 110 Å². The van der Waals surface area contributed by atoms with E-state index in [1.54, 1.807) is 31.2 Å². The third-order valence-electron chi connectivity index (χ3n) is 2.73. The van der Waals surface area contributed by atoms with Crippen molar-refractivity contribution in [3.8, 4) is 0 Å². The molecule has 0 heterocycles. The Kier molecular flexibility index (Phi) is 4.22. The summed E-state index contributed by atoms with van der Waals surface area (Å²) in [6, 6.07) is 6.58. The highest BCUT2D eigenvalue weighted by molar-refractivity contribution is 9.11. The number of nitrogens with two attached hydrogens (primary N) is 1.